The van der Waals surface area contributed by atoms with Crippen molar-refractivity contribution in [2.45, 2.75) is 69.9 Å². The summed E-state index contributed by atoms with van der Waals surface area (Å²) in [6.07, 6.45) is 8.08. The molecule has 8 nitrogen and oxygen atoms in total. The molecular formula is C22H26N4O4S. The van der Waals surface area contributed by atoms with Gasteiger partial charge in [0.05, 0.1) is 16.5 Å². The summed E-state index contributed by atoms with van der Waals surface area (Å²) < 4.78 is 39.5. The summed E-state index contributed by atoms with van der Waals surface area (Å²) in [5.41, 5.74) is 2.41. The molecule has 2 aromatic heterocycles. The molecule has 2 aromatic rings. The smallest absolute Gasteiger partial charge is 0.229 e. The van der Waals surface area contributed by atoms with Crippen molar-refractivity contribution in [3.63, 3.8) is 0 Å². The van der Waals surface area contributed by atoms with E-state index in [1.54, 1.807) is 4.31 Å². The van der Waals surface area contributed by atoms with Crippen molar-refractivity contribution < 1.29 is 17.9 Å². The molecule has 4 heterocycles. The van der Waals surface area contributed by atoms with Crippen LogP contribution < -0.4 is 9.47 Å². The van der Waals surface area contributed by atoms with Crippen molar-refractivity contribution in [2.75, 3.05) is 0 Å². The molecule has 2 bridgehead atoms. The first-order chi connectivity index (χ1) is 14.8. The zero-order chi connectivity index (χ0) is 21.8. The molecule has 2 fully saturated rings. The molecule has 3 aliphatic rings. The predicted molar refractivity (Wildman–Crippen MR) is 115 cm³/mol. The van der Waals surface area contributed by atoms with Crippen molar-refractivity contribution >= 4 is 10.0 Å². The molecule has 0 unspecified atom stereocenters. The molecule has 0 amide bonds. The zero-order valence-corrected chi connectivity index (χ0v) is 18.7. The number of ether oxygens (including phenoxy) is 2. The lowest BCUT2D eigenvalue weighted by atomic mass is 10.0. The minimum atomic E-state index is -3.21. The third kappa shape index (κ3) is 3.80. The van der Waals surface area contributed by atoms with Crippen LogP contribution in [0.5, 0.6) is 17.5 Å². The summed E-state index contributed by atoms with van der Waals surface area (Å²) in [5, 5.41) is -0.196. The van der Waals surface area contributed by atoms with Gasteiger partial charge in [0.1, 0.15) is 12.4 Å². The first-order valence-electron chi connectivity index (χ1n) is 10.6. The molecule has 2 atom stereocenters. The number of sulfonamides is 1. The quantitative estimate of drug-likeness (QED) is 0.634. The Morgan fingerprint density at radius 3 is 2.32 bits per heavy atom. The van der Waals surface area contributed by atoms with Crippen molar-refractivity contribution in [1.82, 2.24) is 19.3 Å². The van der Waals surface area contributed by atoms with Crippen LogP contribution >= 0.6 is 0 Å². The maximum atomic E-state index is 12.8. The van der Waals surface area contributed by atoms with Crippen molar-refractivity contribution in [2.24, 2.45) is 0 Å². The van der Waals surface area contributed by atoms with E-state index < -0.39 is 10.0 Å². The largest absolute Gasteiger partial charge is 0.474 e. The topological polar surface area (TPSA) is 94.5 Å². The Labute approximate surface area is 182 Å². The van der Waals surface area contributed by atoms with E-state index in [-0.39, 0.29) is 23.4 Å². The number of piperidine rings is 1. The Hall–Kier alpha value is -2.52. The molecule has 1 saturated heterocycles. The van der Waals surface area contributed by atoms with E-state index in [9.17, 15) is 8.42 Å². The van der Waals surface area contributed by atoms with Gasteiger partial charge in [-0.05, 0) is 45.7 Å². The van der Waals surface area contributed by atoms with E-state index >= 15 is 0 Å². The van der Waals surface area contributed by atoms with E-state index in [4.69, 9.17) is 9.47 Å². The Morgan fingerprint density at radius 2 is 1.68 bits per heavy atom. The third-order valence-corrected chi connectivity index (χ3v) is 8.55. The average molecular weight is 443 g/mol. The molecule has 5 rings (SSSR count). The molecule has 1 saturated carbocycles. The second-order valence-electron chi connectivity index (χ2n) is 8.55. The highest BCUT2D eigenvalue weighted by molar-refractivity contribution is 7.90. The number of hydrogen-bond donors (Lipinski definition) is 0. The fourth-order valence-electron chi connectivity index (χ4n) is 4.37. The highest BCUT2D eigenvalue weighted by Crippen LogP contribution is 2.41. The lowest BCUT2D eigenvalue weighted by molar-refractivity contribution is 0.0979. The molecular weight excluding hydrogens is 416 g/mol. The van der Waals surface area contributed by atoms with E-state index in [1.807, 2.05) is 45.1 Å². The van der Waals surface area contributed by atoms with Crippen LogP contribution in [-0.4, -0.2) is 51.1 Å². The normalized spacial score (nSPS) is 25.6. The fourth-order valence-corrected chi connectivity index (χ4v) is 6.51. The number of fused-ring (bicyclic) bond motifs is 2. The van der Waals surface area contributed by atoms with Gasteiger partial charge >= 0.3 is 0 Å². The zero-order valence-electron chi connectivity index (χ0n) is 17.9. The minimum absolute atomic E-state index is 0.125. The van der Waals surface area contributed by atoms with Gasteiger partial charge in [0.2, 0.25) is 21.8 Å². The summed E-state index contributed by atoms with van der Waals surface area (Å²) in [6, 6.07) is 3.48. The number of pyridine rings is 1. The van der Waals surface area contributed by atoms with E-state index in [0.717, 1.165) is 24.2 Å². The highest BCUT2D eigenvalue weighted by atomic mass is 32.2. The van der Waals surface area contributed by atoms with Crippen molar-refractivity contribution in [3.05, 3.63) is 47.6 Å². The third-order valence-electron chi connectivity index (χ3n) is 6.11. The van der Waals surface area contributed by atoms with E-state index in [2.05, 4.69) is 15.0 Å². The molecule has 31 heavy (non-hydrogen) atoms. The molecule has 0 radical (unpaired) electrons. The summed E-state index contributed by atoms with van der Waals surface area (Å²) >= 11 is 0. The number of hydrogen-bond acceptors (Lipinski definition) is 7. The maximum absolute atomic E-state index is 12.8. The Morgan fingerprint density at radius 1 is 1.00 bits per heavy atom. The SMILES string of the molecule is Cc1ccc(Oc2ncnc(OC3C[C@@H]4C=C[C@@H](C3)N4S(=O)(=O)C3CC3)c2C)c(C)n1. The summed E-state index contributed by atoms with van der Waals surface area (Å²) in [6.45, 7) is 5.69. The monoisotopic (exact) mass is 442 g/mol. The van der Waals surface area contributed by atoms with Gasteiger partial charge in [-0.3, -0.25) is 4.98 Å². The van der Waals surface area contributed by atoms with Crippen LogP contribution in [0.2, 0.25) is 0 Å². The number of aryl methyl sites for hydroxylation is 2. The Balaban J connectivity index is 1.31. The standard InChI is InChI=1S/C22H26N4O4S/c1-13-4-9-20(15(3)25-13)30-22-14(2)21(23-12-24-22)29-18-10-16-5-6-17(11-18)26(16)31(27,28)19-7-8-19/h4-6,9,12,16-19H,7-8,10-11H2,1-3H3/t16-,17-/m0/s1. The number of aromatic nitrogens is 3. The van der Waals surface area contributed by atoms with Crippen LogP contribution in [-0.2, 0) is 10.0 Å². The van der Waals surface area contributed by atoms with Crippen LogP contribution in [0.25, 0.3) is 0 Å². The maximum Gasteiger partial charge on any atom is 0.229 e. The van der Waals surface area contributed by atoms with Gasteiger partial charge in [0, 0.05) is 30.6 Å². The van der Waals surface area contributed by atoms with Crippen LogP contribution in [0.4, 0.5) is 0 Å². The number of rotatable bonds is 6. The summed E-state index contributed by atoms with van der Waals surface area (Å²) in [4.78, 5) is 13.0. The van der Waals surface area contributed by atoms with Crippen LogP contribution in [0, 0.1) is 20.8 Å². The van der Waals surface area contributed by atoms with Gasteiger partial charge in [0.15, 0.2) is 5.75 Å². The fraction of sp³-hybridized carbons (Fsp3) is 0.500. The van der Waals surface area contributed by atoms with Crippen LogP contribution in [0.3, 0.4) is 0 Å². The molecule has 0 N–H and O–H groups in total. The average Bonchev–Trinajstić information content (AvgIpc) is 3.53. The molecule has 1 aliphatic carbocycles. The van der Waals surface area contributed by atoms with E-state index in [0.29, 0.717) is 35.9 Å². The second-order valence-corrected chi connectivity index (χ2v) is 10.7. The van der Waals surface area contributed by atoms with E-state index in [1.165, 1.54) is 6.33 Å². The van der Waals surface area contributed by atoms with Crippen molar-refractivity contribution in [1.29, 1.82) is 0 Å². The molecule has 9 heteroatoms. The first-order valence-corrected chi connectivity index (χ1v) is 12.1. The summed E-state index contributed by atoms with van der Waals surface area (Å²) in [7, 11) is -3.21. The van der Waals surface area contributed by atoms with Crippen LogP contribution in [0.1, 0.15) is 42.6 Å². The lowest BCUT2D eigenvalue weighted by Gasteiger charge is -2.38. The molecule has 164 valence electrons. The van der Waals surface area contributed by atoms with Gasteiger partial charge in [-0.2, -0.15) is 4.31 Å². The van der Waals surface area contributed by atoms with Gasteiger partial charge in [-0.25, -0.2) is 18.4 Å². The molecule has 2 aliphatic heterocycles. The predicted octanol–water partition coefficient (Wildman–Crippen LogP) is 3.23. The second kappa shape index (κ2) is 7.56. The minimum Gasteiger partial charge on any atom is -0.474 e. The van der Waals surface area contributed by atoms with Gasteiger partial charge in [-0.15, -0.1) is 0 Å². The van der Waals surface area contributed by atoms with Crippen molar-refractivity contribution in [3.8, 4) is 17.5 Å². The van der Waals surface area contributed by atoms with Gasteiger partial charge in [-0.1, -0.05) is 12.2 Å². The Kier molecular flexibility index (Phi) is 4.97. The summed E-state index contributed by atoms with van der Waals surface area (Å²) in [5.74, 6) is 1.53. The number of nitrogens with zero attached hydrogens (tertiary/aromatic N) is 4. The lowest BCUT2D eigenvalue weighted by Crippen LogP contribution is -2.50. The first kappa shape index (κ1) is 20.4. The van der Waals surface area contributed by atoms with Crippen LogP contribution in [0.15, 0.2) is 30.6 Å². The molecule has 0 spiro atoms. The molecule has 0 aromatic carbocycles. The highest BCUT2D eigenvalue weighted by Gasteiger charge is 2.50. The Bertz CT molecular complexity index is 1130. The van der Waals surface area contributed by atoms with Gasteiger partial charge in [0.25, 0.3) is 0 Å². The van der Waals surface area contributed by atoms with Gasteiger partial charge < -0.3 is 9.47 Å².